The standard InChI is InChI=1S/C23H22ClN5O3/c1-26-20-19(21(30)29(23(26)31)14-15-8-10-16(24)11-9-15)28-13-5-12-27(22(28)25-20)17-6-3-4-7-18(17)32-2/h3-4,6-11H,5,12-14H2,1-2H3. The maximum Gasteiger partial charge on any atom is 0.332 e. The van der Waals surface area contributed by atoms with Gasteiger partial charge < -0.3 is 14.2 Å². The van der Waals surface area contributed by atoms with E-state index in [0.29, 0.717) is 28.7 Å². The van der Waals surface area contributed by atoms with Crippen LogP contribution in [-0.2, 0) is 20.1 Å². The van der Waals surface area contributed by atoms with Crippen LogP contribution in [0.15, 0.2) is 58.1 Å². The van der Waals surface area contributed by atoms with Crippen LogP contribution < -0.4 is 20.9 Å². The molecule has 0 aliphatic carbocycles. The number of benzene rings is 2. The minimum Gasteiger partial charge on any atom is -0.495 e. The number of imidazole rings is 1. The molecule has 0 fully saturated rings. The predicted octanol–water partition coefficient (Wildman–Crippen LogP) is 3.15. The van der Waals surface area contributed by atoms with Crippen LogP contribution >= 0.6 is 11.6 Å². The van der Waals surface area contributed by atoms with E-state index in [1.165, 1.54) is 9.13 Å². The van der Waals surface area contributed by atoms with Crippen molar-refractivity contribution >= 4 is 34.4 Å². The summed E-state index contributed by atoms with van der Waals surface area (Å²) in [6, 6.07) is 14.8. The Kier molecular flexibility index (Phi) is 5.01. The minimum absolute atomic E-state index is 0.162. The maximum atomic E-state index is 13.5. The molecule has 8 nitrogen and oxygen atoms in total. The molecule has 2 aromatic heterocycles. The Bertz CT molecular complexity index is 1440. The maximum absolute atomic E-state index is 13.5. The highest BCUT2D eigenvalue weighted by Gasteiger charge is 2.28. The normalized spacial score (nSPS) is 13.4. The number of aryl methyl sites for hydroxylation is 2. The van der Waals surface area contributed by atoms with E-state index in [9.17, 15) is 9.59 Å². The average Bonchev–Trinajstić information content (AvgIpc) is 3.22. The van der Waals surface area contributed by atoms with Gasteiger partial charge in [-0.2, -0.15) is 4.98 Å². The van der Waals surface area contributed by atoms with Crippen molar-refractivity contribution in [3.05, 3.63) is 80.0 Å². The fourth-order valence-electron chi connectivity index (χ4n) is 4.26. The Morgan fingerprint density at radius 2 is 1.81 bits per heavy atom. The first kappa shape index (κ1) is 20.4. The fourth-order valence-corrected chi connectivity index (χ4v) is 4.38. The van der Waals surface area contributed by atoms with Crippen LogP contribution in [0.4, 0.5) is 11.6 Å². The second-order valence-corrected chi connectivity index (χ2v) is 8.21. The van der Waals surface area contributed by atoms with E-state index < -0.39 is 5.69 Å². The van der Waals surface area contributed by atoms with Crippen molar-refractivity contribution < 1.29 is 4.74 Å². The molecule has 0 saturated carbocycles. The van der Waals surface area contributed by atoms with Gasteiger partial charge in [-0.3, -0.25) is 13.9 Å². The Hall–Kier alpha value is -3.52. The number of halogens is 1. The summed E-state index contributed by atoms with van der Waals surface area (Å²) >= 11 is 5.97. The summed E-state index contributed by atoms with van der Waals surface area (Å²) in [5, 5.41) is 0.603. The molecule has 164 valence electrons. The van der Waals surface area contributed by atoms with Gasteiger partial charge in [0, 0.05) is 25.2 Å². The van der Waals surface area contributed by atoms with E-state index >= 15 is 0 Å². The van der Waals surface area contributed by atoms with Crippen LogP contribution in [0, 0.1) is 0 Å². The van der Waals surface area contributed by atoms with Crippen molar-refractivity contribution in [1.82, 2.24) is 18.7 Å². The lowest BCUT2D eigenvalue weighted by Crippen LogP contribution is -2.40. The summed E-state index contributed by atoms with van der Waals surface area (Å²) in [5.74, 6) is 1.36. The fraction of sp³-hybridized carbons (Fsp3) is 0.261. The van der Waals surface area contributed by atoms with Gasteiger partial charge in [-0.1, -0.05) is 35.9 Å². The van der Waals surface area contributed by atoms with Crippen molar-refractivity contribution in [1.29, 1.82) is 0 Å². The highest BCUT2D eigenvalue weighted by atomic mass is 35.5. The first-order valence-electron chi connectivity index (χ1n) is 10.3. The summed E-state index contributed by atoms with van der Waals surface area (Å²) in [6.45, 7) is 1.54. The molecule has 0 atom stereocenters. The van der Waals surface area contributed by atoms with Crippen LogP contribution in [0.2, 0.25) is 5.02 Å². The zero-order valence-corrected chi connectivity index (χ0v) is 18.5. The molecule has 4 aromatic rings. The Morgan fingerprint density at radius 3 is 2.56 bits per heavy atom. The Labute approximate surface area is 188 Å². The molecule has 0 amide bonds. The summed E-state index contributed by atoms with van der Waals surface area (Å²) in [5.41, 5.74) is 1.75. The lowest BCUT2D eigenvalue weighted by atomic mass is 10.2. The molecule has 0 saturated heterocycles. The smallest absolute Gasteiger partial charge is 0.332 e. The van der Waals surface area contributed by atoms with Crippen molar-refractivity contribution in [2.45, 2.75) is 19.5 Å². The van der Waals surface area contributed by atoms with Gasteiger partial charge in [-0.05, 0) is 36.2 Å². The second-order valence-electron chi connectivity index (χ2n) is 7.77. The van der Waals surface area contributed by atoms with Crippen LogP contribution in [0.25, 0.3) is 11.2 Å². The third-order valence-electron chi connectivity index (χ3n) is 5.85. The summed E-state index contributed by atoms with van der Waals surface area (Å²) in [6.07, 6.45) is 0.829. The first-order chi connectivity index (χ1) is 15.5. The predicted molar refractivity (Wildman–Crippen MR) is 124 cm³/mol. The summed E-state index contributed by atoms with van der Waals surface area (Å²) in [4.78, 5) is 33.3. The number of aromatic nitrogens is 4. The van der Waals surface area contributed by atoms with Crippen molar-refractivity contribution in [3.8, 4) is 5.75 Å². The number of para-hydroxylation sites is 2. The third-order valence-corrected chi connectivity index (χ3v) is 6.10. The topological polar surface area (TPSA) is 74.3 Å². The SMILES string of the molecule is COc1ccccc1N1CCCn2c1nc1c2c(=O)n(Cc2ccc(Cl)cc2)c(=O)n1C. The quantitative estimate of drug-likeness (QED) is 0.476. The van der Waals surface area contributed by atoms with Gasteiger partial charge in [0.25, 0.3) is 5.56 Å². The van der Waals surface area contributed by atoms with Gasteiger partial charge in [0.1, 0.15) is 5.75 Å². The van der Waals surface area contributed by atoms with Gasteiger partial charge in [0.2, 0.25) is 5.95 Å². The van der Waals surface area contributed by atoms with Gasteiger partial charge in [-0.25, -0.2) is 4.79 Å². The molecular weight excluding hydrogens is 430 g/mol. The number of hydrogen-bond acceptors (Lipinski definition) is 5. The first-order valence-corrected chi connectivity index (χ1v) is 10.7. The Balaban J connectivity index is 1.70. The molecule has 0 unspecified atom stereocenters. The zero-order valence-electron chi connectivity index (χ0n) is 17.8. The molecule has 0 radical (unpaired) electrons. The lowest BCUT2D eigenvalue weighted by molar-refractivity contribution is 0.414. The van der Waals surface area contributed by atoms with E-state index in [0.717, 1.165) is 30.0 Å². The molecule has 32 heavy (non-hydrogen) atoms. The number of rotatable bonds is 4. The van der Waals surface area contributed by atoms with Crippen molar-refractivity contribution in [2.24, 2.45) is 7.05 Å². The molecule has 0 bridgehead atoms. The third kappa shape index (κ3) is 3.18. The molecular formula is C23H22ClN5O3. The van der Waals surface area contributed by atoms with Crippen LogP contribution in [0.3, 0.4) is 0 Å². The number of ether oxygens (including phenoxy) is 1. The number of hydrogen-bond donors (Lipinski definition) is 0. The van der Waals surface area contributed by atoms with Gasteiger partial charge in [0.15, 0.2) is 11.2 Å². The van der Waals surface area contributed by atoms with Crippen LogP contribution in [0.5, 0.6) is 5.75 Å². The average molecular weight is 452 g/mol. The van der Waals surface area contributed by atoms with Gasteiger partial charge in [0.05, 0.1) is 19.3 Å². The lowest BCUT2D eigenvalue weighted by Gasteiger charge is -2.30. The molecule has 3 heterocycles. The molecule has 1 aliphatic heterocycles. The van der Waals surface area contributed by atoms with Crippen molar-refractivity contribution in [3.63, 3.8) is 0 Å². The molecule has 1 aliphatic rings. The zero-order chi connectivity index (χ0) is 22.4. The van der Waals surface area contributed by atoms with E-state index in [2.05, 4.69) is 0 Å². The highest BCUT2D eigenvalue weighted by molar-refractivity contribution is 6.30. The van der Waals surface area contributed by atoms with Crippen LogP contribution in [0.1, 0.15) is 12.0 Å². The van der Waals surface area contributed by atoms with E-state index in [4.69, 9.17) is 21.3 Å². The second kappa shape index (κ2) is 7.87. The highest BCUT2D eigenvalue weighted by Crippen LogP contribution is 2.36. The van der Waals surface area contributed by atoms with Gasteiger partial charge in [-0.15, -0.1) is 0 Å². The number of fused-ring (bicyclic) bond motifs is 3. The molecule has 5 rings (SSSR count). The number of nitrogens with zero attached hydrogens (tertiary/aromatic N) is 5. The number of methoxy groups -OCH3 is 1. The molecule has 0 N–H and O–H groups in total. The monoisotopic (exact) mass is 451 g/mol. The van der Waals surface area contributed by atoms with E-state index in [1.807, 2.05) is 45.9 Å². The Morgan fingerprint density at radius 1 is 1.06 bits per heavy atom. The molecule has 0 spiro atoms. The summed E-state index contributed by atoms with van der Waals surface area (Å²) < 4.78 is 10.1. The molecule has 9 heteroatoms. The van der Waals surface area contributed by atoms with Crippen LogP contribution in [-0.4, -0.2) is 32.3 Å². The molecule has 2 aromatic carbocycles. The van der Waals surface area contributed by atoms with Gasteiger partial charge >= 0.3 is 5.69 Å². The van der Waals surface area contributed by atoms with E-state index in [1.54, 1.807) is 26.3 Å². The number of anilines is 2. The van der Waals surface area contributed by atoms with E-state index in [-0.39, 0.29) is 12.1 Å². The largest absolute Gasteiger partial charge is 0.495 e. The summed E-state index contributed by atoms with van der Waals surface area (Å²) in [7, 11) is 3.28. The minimum atomic E-state index is -0.406. The van der Waals surface area contributed by atoms with Crippen molar-refractivity contribution in [2.75, 3.05) is 18.6 Å².